The summed E-state index contributed by atoms with van der Waals surface area (Å²) in [6, 6.07) is 0. The lowest BCUT2D eigenvalue weighted by Gasteiger charge is -1.88. The number of imidazole rings is 1. The molecule has 2 heterocycles. The molecule has 0 N–H and O–H groups in total. The van der Waals surface area contributed by atoms with Crippen molar-refractivity contribution in [2.75, 3.05) is 0 Å². The van der Waals surface area contributed by atoms with Gasteiger partial charge in [-0.2, -0.15) is 0 Å². The van der Waals surface area contributed by atoms with Crippen molar-refractivity contribution >= 4 is 11.2 Å². The molecule has 0 atom stereocenters. The Morgan fingerprint density at radius 1 is 1.40 bits per heavy atom. The van der Waals surface area contributed by atoms with E-state index >= 15 is 0 Å². The summed E-state index contributed by atoms with van der Waals surface area (Å²) in [5.41, 5.74) is 1.53. The molecule has 0 bridgehead atoms. The molecule has 0 aliphatic heterocycles. The van der Waals surface area contributed by atoms with Crippen molar-refractivity contribution in [3.8, 4) is 0 Å². The van der Waals surface area contributed by atoms with Crippen LogP contribution in [0.1, 0.15) is 0 Å². The third kappa shape index (κ3) is 0.586. The largest absolute Gasteiger partial charge is 0.313 e. The van der Waals surface area contributed by atoms with Gasteiger partial charge >= 0.3 is 0 Å². The van der Waals surface area contributed by atoms with E-state index in [0.717, 1.165) is 11.2 Å². The van der Waals surface area contributed by atoms with E-state index in [-0.39, 0.29) is 0 Å². The minimum Gasteiger partial charge on any atom is -0.313 e. The third-order valence-corrected chi connectivity index (χ3v) is 1.28. The summed E-state index contributed by atoms with van der Waals surface area (Å²) in [6.07, 6.45) is 4.75. The first kappa shape index (κ1) is 5.34. The maximum Gasteiger partial charge on any atom is 0.163 e. The number of hydrogen-bond donors (Lipinski definition) is 0. The van der Waals surface area contributed by atoms with Gasteiger partial charge in [0.2, 0.25) is 0 Å². The highest BCUT2D eigenvalue weighted by Gasteiger charge is 1.96. The second-order valence-corrected chi connectivity index (χ2v) is 1.95. The predicted molar refractivity (Wildman–Crippen MR) is 36.1 cm³/mol. The SMILES string of the molecule is [CH2]n1cnc2cncnc21. The van der Waals surface area contributed by atoms with E-state index < -0.39 is 0 Å². The van der Waals surface area contributed by atoms with Crippen LogP contribution in [-0.4, -0.2) is 19.5 Å². The molecule has 0 saturated carbocycles. The molecule has 2 aromatic rings. The predicted octanol–water partition coefficient (Wildman–Crippen LogP) is 0.466. The Hall–Kier alpha value is -1.45. The highest BCUT2D eigenvalue weighted by atomic mass is 15.1. The van der Waals surface area contributed by atoms with E-state index in [1.54, 1.807) is 17.1 Å². The van der Waals surface area contributed by atoms with Crippen LogP contribution < -0.4 is 0 Å². The molecular weight excluding hydrogens is 128 g/mol. The molecule has 49 valence electrons. The van der Waals surface area contributed by atoms with Crippen molar-refractivity contribution in [2.24, 2.45) is 0 Å². The Bertz CT molecular complexity index is 351. The monoisotopic (exact) mass is 133 g/mol. The average molecular weight is 133 g/mol. The molecule has 2 rings (SSSR count). The van der Waals surface area contributed by atoms with E-state index in [1.165, 1.54) is 6.33 Å². The number of aromatic nitrogens is 4. The maximum atomic E-state index is 3.99. The lowest BCUT2D eigenvalue weighted by atomic mass is 10.6. The van der Waals surface area contributed by atoms with Gasteiger partial charge in [-0.25, -0.2) is 15.0 Å². The van der Waals surface area contributed by atoms with Crippen molar-refractivity contribution in [2.45, 2.75) is 0 Å². The van der Waals surface area contributed by atoms with Crippen molar-refractivity contribution in [1.82, 2.24) is 19.5 Å². The first-order valence-corrected chi connectivity index (χ1v) is 2.82. The zero-order chi connectivity index (χ0) is 6.97. The fourth-order valence-corrected chi connectivity index (χ4v) is 0.815. The lowest BCUT2D eigenvalue weighted by molar-refractivity contribution is 1.06. The van der Waals surface area contributed by atoms with Gasteiger partial charge in [-0.15, -0.1) is 0 Å². The van der Waals surface area contributed by atoms with Gasteiger partial charge in [0.1, 0.15) is 11.8 Å². The minimum atomic E-state index is 0.759. The Morgan fingerprint density at radius 2 is 2.30 bits per heavy atom. The van der Waals surface area contributed by atoms with Gasteiger partial charge in [0.05, 0.1) is 12.5 Å². The smallest absolute Gasteiger partial charge is 0.163 e. The van der Waals surface area contributed by atoms with Crippen molar-refractivity contribution in [1.29, 1.82) is 0 Å². The molecule has 0 saturated heterocycles. The molecule has 0 fully saturated rings. The number of nitrogens with zero attached hydrogens (tertiary/aromatic N) is 4. The van der Waals surface area contributed by atoms with E-state index in [4.69, 9.17) is 0 Å². The second kappa shape index (κ2) is 1.76. The van der Waals surface area contributed by atoms with Crippen LogP contribution in [0.25, 0.3) is 11.2 Å². The van der Waals surface area contributed by atoms with Gasteiger partial charge in [-0.3, -0.25) is 0 Å². The molecule has 4 nitrogen and oxygen atoms in total. The van der Waals surface area contributed by atoms with E-state index in [2.05, 4.69) is 22.0 Å². The minimum absolute atomic E-state index is 0.759. The van der Waals surface area contributed by atoms with Crippen molar-refractivity contribution in [3.05, 3.63) is 25.9 Å². The Kier molecular flexibility index (Phi) is 0.943. The normalized spacial score (nSPS) is 10.5. The summed E-state index contributed by atoms with van der Waals surface area (Å²) in [5.74, 6) is 0. The molecule has 0 aliphatic carbocycles. The molecule has 0 spiro atoms. The van der Waals surface area contributed by atoms with Crippen LogP contribution in [0.15, 0.2) is 18.9 Å². The Morgan fingerprint density at radius 3 is 3.10 bits per heavy atom. The molecule has 10 heavy (non-hydrogen) atoms. The van der Waals surface area contributed by atoms with Gasteiger partial charge in [0.25, 0.3) is 0 Å². The van der Waals surface area contributed by atoms with Gasteiger partial charge < -0.3 is 4.57 Å². The van der Waals surface area contributed by atoms with Crippen LogP contribution in [0.5, 0.6) is 0 Å². The number of rotatable bonds is 0. The van der Waals surface area contributed by atoms with Crippen LogP contribution in [0.4, 0.5) is 0 Å². The molecule has 0 amide bonds. The summed E-state index contributed by atoms with van der Waals surface area (Å²) in [6.45, 7) is 0. The molecule has 0 aliphatic rings. The number of hydrogen-bond acceptors (Lipinski definition) is 3. The van der Waals surface area contributed by atoms with Crippen molar-refractivity contribution in [3.63, 3.8) is 0 Å². The molecule has 0 unspecified atom stereocenters. The molecule has 0 aromatic carbocycles. The molecule has 4 heteroatoms. The number of fused-ring (bicyclic) bond motifs is 1. The standard InChI is InChI=1S/C6H5N4/c1-10-4-9-5-2-7-3-8-6(5)10/h2-4H,1H2. The highest BCUT2D eigenvalue weighted by Crippen LogP contribution is 2.03. The van der Waals surface area contributed by atoms with E-state index in [9.17, 15) is 0 Å². The topological polar surface area (TPSA) is 43.6 Å². The quantitative estimate of drug-likeness (QED) is 0.524. The average Bonchev–Trinajstić information content (AvgIpc) is 2.34. The van der Waals surface area contributed by atoms with Crippen LogP contribution in [0.2, 0.25) is 0 Å². The van der Waals surface area contributed by atoms with Crippen LogP contribution in [0, 0.1) is 7.05 Å². The van der Waals surface area contributed by atoms with Gasteiger partial charge in [-0.05, 0) is 0 Å². The van der Waals surface area contributed by atoms with Gasteiger partial charge in [0.15, 0.2) is 5.65 Å². The second-order valence-electron chi connectivity index (χ2n) is 1.95. The van der Waals surface area contributed by atoms with Crippen LogP contribution in [-0.2, 0) is 0 Å². The molecular formula is C6H5N4. The summed E-state index contributed by atoms with van der Waals surface area (Å²) >= 11 is 0. The Labute approximate surface area is 57.6 Å². The fraction of sp³-hybridized carbons (Fsp3) is 0. The lowest BCUT2D eigenvalue weighted by Crippen LogP contribution is -1.84. The fourth-order valence-electron chi connectivity index (χ4n) is 0.815. The molecule has 1 radical (unpaired) electrons. The highest BCUT2D eigenvalue weighted by molar-refractivity contribution is 5.68. The summed E-state index contributed by atoms with van der Waals surface area (Å²) in [7, 11) is 3.67. The zero-order valence-electron chi connectivity index (χ0n) is 5.23. The zero-order valence-corrected chi connectivity index (χ0v) is 5.23. The van der Waals surface area contributed by atoms with E-state index in [1.807, 2.05) is 0 Å². The summed E-state index contributed by atoms with van der Waals surface area (Å²) in [5, 5.41) is 0. The summed E-state index contributed by atoms with van der Waals surface area (Å²) in [4.78, 5) is 11.8. The first-order valence-electron chi connectivity index (χ1n) is 2.82. The maximum absolute atomic E-state index is 3.99. The van der Waals surface area contributed by atoms with E-state index in [0.29, 0.717) is 0 Å². The van der Waals surface area contributed by atoms with Crippen LogP contribution >= 0.6 is 0 Å². The first-order chi connectivity index (χ1) is 4.88. The third-order valence-electron chi connectivity index (χ3n) is 1.28. The Balaban J connectivity index is 2.93. The van der Waals surface area contributed by atoms with Gasteiger partial charge in [-0.1, -0.05) is 0 Å². The van der Waals surface area contributed by atoms with Crippen LogP contribution in [0.3, 0.4) is 0 Å². The molecule has 2 aromatic heterocycles. The summed E-state index contributed by atoms with van der Waals surface area (Å²) < 4.78 is 1.61. The van der Waals surface area contributed by atoms with Gasteiger partial charge in [0, 0.05) is 7.05 Å². The van der Waals surface area contributed by atoms with Crippen molar-refractivity contribution < 1.29 is 0 Å².